The van der Waals surface area contributed by atoms with Gasteiger partial charge in [-0.05, 0) is 50.6 Å². The summed E-state index contributed by atoms with van der Waals surface area (Å²) >= 11 is 0. The molecule has 0 aliphatic carbocycles. The van der Waals surface area contributed by atoms with Crippen LogP contribution in [0.4, 0.5) is 5.82 Å². The number of benzene rings is 1. The van der Waals surface area contributed by atoms with Crippen LogP contribution in [0.5, 0.6) is 5.75 Å². The van der Waals surface area contributed by atoms with E-state index < -0.39 is 10.0 Å². The first-order valence-corrected chi connectivity index (χ1v) is 10.7. The fourth-order valence-electron chi connectivity index (χ4n) is 2.68. The predicted molar refractivity (Wildman–Crippen MR) is 110 cm³/mol. The lowest BCUT2D eigenvalue weighted by molar-refractivity contribution is 0.337. The van der Waals surface area contributed by atoms with Crippen LogP contribution < -0.4 is 14.8 Å². The first-order valence-electron chi connectivity index (χ1n) is 9.21. The second kappa shape index (κ2) is 9.01. The zero-order chi connectivity index (χ0) is 20.9. The Balaban J connectivity index is 1.57. The Bertz CT molecular complexity index is 1080. The molecule has 0 spiro atoms. The van der Waals surface area contributed by atoms with Crippen LogP contribution in [-0.4, -0.2) is 47.9 Å². The second-order valence-corrected chi connectivity index (χ2v) is 8.11. The third-order valence-corrected chi connectivity index (χ3v) is 5.55. The lowest BCUT2D eigenvalue weighted by atomic mass is 10.2. The van der Waals surface area contributed by atoms with E-state index in [9.17, 15) is 8.42 Å². The third-order valence-electron chi connectivity index (χ3n) is 4.09. The number of hydrogen-bond acceptors (Lipinski definition) is 7. The number of anilines is 1. The van der Waals surface area contributed by atoms with E-state index in [2.05, 4.69) is 25.1 Å². The number of nitrogens with one attached hydrogen (secondary N) is 2. The maximum atomic E-state index is 12.5. The summed E-state index contributed by atoms with van der Waals surface area (Å²) in [5.41, 5.74) is 1.66. The lowest BCUT2D eigenvalue weighted by Gasteiger charge is -2.11. The van der Waals surface area contributed by atoms with E-state index in [-0.39, 0.29) is 11.4 Å². The van der Waals surface area contributed by atoms with E-state index in [0.29, 0.717) is 30.5 Å². The quantitative estimate of drug-likeness (QED) is 0.514. The maximum Gasteiger partial charge on any atom is 0.240 e. The summed E-state index contributed by atoms with van der Waals surface area (Å²) in [5, 5.41) is 7.39. The van der Waals surface area contributed by atoms with Gasteiger partial charge in [0, 0.05) is 25.4 Å². The van der Waals surface area contributed by atoms with Crippen molar-refractivity contribution < 1.29 is 13.2 Å². The standard InChI is InChI=1S/C19H24N6O3S/c1-4-28-17-6-5-16(11-14(17)2)29(26,27)23-9-8-20-18-12-19(22-13-21-18)25-10-7-15(3)24-25/h5-7,10-13,23H,4,8-9H2,1-3H3,(H,20,21,22). The van der Waals surface area contributed by atoms with Crippen LogP contribution >= 0.6 is 0 Å². The Morgan fingerprint density at radius 1 is 1.10 bits per heavy atom. The molecular weight excluding hydrogens is 392 g/mol. The van der Waals surface area contributed by atoms with Crippen LogP contribution in [0.1, 0.15) is 18.2 Å². The summed E-state index contributed by atoms with van der Waals surface area (Å²) < 4.78 is 34.7. The topological polar surface area (TPSA) is 111 Å². The van der Waals surface area contributed by atoms with E-state index in [1.165, 1.54) is 12.4 Å². The minimum Gasteiger partial charge on any atom is -0.494 e. The highest BCUT2D eigenvalue weighted by atomic mass is 32.2. The summed E-state index contributed by atoms with van der Waals surface area (Å²) in [5.74, 6) is 1.89. The second-order valence-electron chi connectivity index (χ2n) is 6.35. The zero-order valence-electron chi connectivity index (χ0n) is 16.6. The van der Waals surface area contributed by atoms with Crippen molar-refractivity contribution in [2.24, 2.45) is 0 Å². The average molecular weight is 417 g/mol. The van der Waals surface area contributed by atoms with Crippen LogP contribution in [0, 0.1) is 13.8 Å². The molecule has 0 aliphatic rings. The van der Waals surface area contributed by atoms with E-state index in [0.717, 1.165) is 11.3 Å². The molecule has 3 aromatic rings. The normalized spacial score (nSPS) is 11.4. The van der Waals surface area contributed by atoms with Crippen molar-refractivity contribution in [3.8, 4) is 11.6 Å². The van der Waals surface area contributed by atoms with Crippen molar-refractivity contribution >= 4 is 15.8 Å². The molecule has 2 heterocycles. The number of hydrogen-bond donors (Lipinski definition) is 2. The van der Waals surface area contributed by atoms with Gasteiger partial charge in [0.05, 0.1) is 17.2 Å². The number of sulfonamides is 1. The van der Waals surface area contributed by atoms with Crippen molar-refractivity contribution in [1.82, 2.24) is 24.5 Å². The maximum absolute atomic E-state index is 12.5. The van der Waals surface area contributed by atoms with Crippen molar-refractivity contribution in [3.63, 3.8) is 0 Å². The Labute approximate surface area is 170 Å². The molecule has 0 radical (unpaired) electrons. The Kier molecular flexibility index (Phi) is 6.45. The molecule has 0 atom stereocenters. The summed E-state index contributed by atoms with van der Waals surface area (Å²) in [6.07, 6.45) is 3.25. The summed E-state index contributed by atoms with van der Waals surface area (Å²) in [7, 11) is -3.61. The Morgan fingerprint density at radius 2 is 1.93 bits per heavy atom. The largest absolute Gasteiger partial charge is 0.494 e. The van der Waals surface area contributed by atoms with Gasteiger partial charge in [0.1, 0.15) is 17.9 Å². The van der Waals surface area contributed by atoms with Gasteiger partial charge in [-0.2, -0.15) is 5.10 Å². The highest BCUT2D eigenvalue weighted by Gasteiger charge is 2.15. The molecule has 2 aromatic heterocycles. The SMILES string of the molecule is CCOc1ccc(S(=O)(=O)NCCNc2cc(-n3ccc(C)n3)ncn2)cc1C. The van der Waals surface area contributed by atoms with Gasteiger partial charge in [-0.15, -0.1) is 0 Å². The van der Waals surface area contributed by atoms with Gasteiger partial charge in [-0.1, -0.05) is 0 Å². The minimum atomic E-state index is -3.61. The van der Waals surface area contributed by atoms with Gasteiger partial charge in [-0.3, -0.25) is 0 Å². The summed E-state index contributed by atoms with van der Waals surface area (Å²) in [4.78, 5) is 8.54. The monoisotopic (exact) mass is 416 g/mol. The fourth-order valence-corrected chi connectivity index (χ4v) is 3.79. The minimum absolute atomic E-state index is 0.203. The van der Waals surface area contributed by atoms with Crippen molar-refractivity contribution in [1.29, 1.82) is 0 Å². The lowest BCUT2D eigenvalue weighted by Crippen LogP contribution is -2.29. The molecular formula is C19H24N6O3S. The number of rotatable bonds is 9. The van der Waals surface area contributed by atoms with Gasteiger partial charge >= 0.3 is 0 Å². The highest BCUT2D eigenvalue weighted by molar-refractivity contribution is 7.89. The van der Waals surface area contributed by atoms with Gasteiger partial charge < -0.3 is 10.1 Å². The van der Waals surface area contributed by atoms with E-state index in [1.54, 1.807) is 22.9 Å². The molecule has 0 saturated heterocycles. The molecule has 9 nitrogen and oxygen atoms in total. The summed E-state index contributed by atoms with van der Waals surface area (Å²) in [6, 6.07) is 8.44. The van der Waals surface area contributed by atoms with Crippen LogP contribution in [0.2, 0.25) is 0 Å². The van der Waals surface area contributed by atoms with Gasteiger partial charge in [0.15, 0.2) is 5.82 Å². The number of nitrogens with zero attached hydrogens (tertiary/aromatic N) is 4. The van der Waals surface area contributed by atoms with Gasteiger partial charge in [0.25, 0.3) is 0 Å². The van der Waals surface area contributed by atoms with Crippen molar-refractivity contribution in [2.45, 2.75) is 25.7 Å². The van der Waals surface area contributed by atoms with Crippen LogP contribution in [-0.2, 0) is 10.0 Å². The highest BCUT2D eigenvalue weighted by Crippen LogP contribution is 2.21. The molecule has 154 valence electrons. The molecule has 0 amide bonds. The fraction of sp³-hybridized carbons (Fsp3) is 0.316. The van der Waals surface area contributed by atoms with Gasteiger partial charge in [-0.25, -0.2) is 27.8 Å². The predicted octanol–water partition coefficient (Wildman–Crippen LogP) is 2.07. The summed E-state index contributed by atoms with van der Waals surface area (Å²) in [6.45, 7) is 6.70. The van der Waals surface area contributed by atoms with Crippen LogP contribution in [0.15, 0.2) is 47.8 Å². The molecule has 0 unspecified atom stereocenters. The zero-order valence-corrected chi connectivity index (χ0v) is 17.4. The van der Waals surface area contributed by atoms with Crippen LogP contribution in [0.25, 0.3) is 5.82 Å². The van der Waals surface area contributed by atoms with E-state index in [1.807, 2.05) is 33.0 Å². The average Bonchev–Trinajstić information content (AvgIpc) is 3.14. The number of aromatic nitrogens is 4. The third kappa shape index (κ3) is 5.30. The first-order chi connectivity index (χ1) is 13.9. The molecule has 0 aliphatic heterocycles. The molecule has 29 heavy (non-hydrogen) atoms. The molecule has 0 saturated carbocycles. The van der Waals surface area contributed by atoms with E-state index >= 15 is 0 Å². The molecule has 0 fully saturated rings. The smallest absolute Gasteiger partial charge is 0.240 e. The Morgan fingerprint density at radius 3 is 2.62 bits per heavy atom. The Hall–Kier alpha value is -2.98. The van der Waals surface area contributed by atoms with Gasteiger partial charge in [0.2, 0.25) is 10.0 Å². The number of ether oxygens (including phenoxy) is 1. The molecule has 1 aromatic carbocycles. The number of aryl methyl sites for hydroxylation is 2. The molecule has 0 bridgehead atoms. The molecule has 2 N–H and O–H groups in total. The molecule has 3 rings (SSSR count). The first kappa shape index (κ1) is 20.7. The van der Waals surface area contributed by atoms with Crippen molar-refractivity contribution in [2.75, 3.05) is 25.0 Å². The van der Waals surface area contributed by atoms with Crippen LogP contribution in [0.3, 0.4) is 0 Å². The molecule has 10 heteroatoms. The van der Waals surface area contributed by atoms with E-state index in [4.69, 9.17) is 4.74 Å². The van der Waals surface area contributed by atoms with Crippen molar-refractivity contribution in [3.05, 3.63) is 54.1 Å².